The maximum absolute atomic E-state index is 12.8. The summed E-state index contributed by atoms with van der Waals surface area (Å²) in [5, 5.41) is 6.60. The number of sulfonamides is 1. The molecule has 1 aliphatic rings. The zero-order valence-electron chi connectivity index (χ0n) is 15.0. The minimum absolute atomic E-state index is 0.0255. The third-order valence-electron chi connectivity index (χ3n) is 4.14. The smallest absolute Gasteiger partial charge is 0.243 e. The van der Waals surface area contributed by atoms with E-state index in [9.17, 15) is 13.2 Å². The summed E-state index contributed by atoms with van der Waals surface area (Å²) in [4.78, 5) is 15.9. The van der Waals surface area contributed by atoms with Crippen molar-refractivity contribution >= 4 is 21.6 Å². The Balaban J connectivity index is 1.77. The summed E-state index contributed by atoms with van der Waals surface area (Å²) in [6, 6.07) is 4.74. The number of hydrogen-bond acceptors (Lipinski definition) is 6. The number of benzene rings is 1. The molecule has 8 nitrogen and oxygen atoms in total. The fourth-order valence-corrected chi connectivity index (χ4v) is 3.95. The Morgan fingerprint density at radius 3 is 2.81 bits per heavy atom. The van der Waals surface area contributed by atoms with Crippen molar-refractivity contribution in [2.75, 3.05) is 12.4 Å². The molecule has 1 aromatic heterocycles. The first-order chi connectivity index (χ1) is 12.3. The molecule has 2 heterocycles. The summed E-state index contributed by atoms with van der Waals surface area (Å²) in [5.41, 5.74) is 1.48. The lowest BCUT2D eigenvalue weighted by molar-refractivity contribution is -0.116. The molecule has 0 bridgehead atoms. The van der Waals surface area contributed by atoms with Crippen molar-refractivity contribution in [2.24, 2.45) is 5.92 Å². The molecule has 3 rings (SSSR count). The number of nitrogens with zero attached hydrogens (tertiary/aromatic N) is 3. The molecular formula is C17H22N4O4S. The summed E-state index contributed by atoms with van der Waals surface area (Å²) in [6.07, 6.45) is 1.53. The Bertz CT molecular complexity index is 921. The van der Waals surface area contributed by atoms with E-state index in [1.54, 1.807) is 12.1 Å². The van der Waals surface area contributed by atoms with E-state index in [2.05, 4.69) is 15.5 Å². The van der Waals surface area contributed by atoms with Crippen LogP contribution in [0.1, 0.15) is 37.5 Å². The van der Waals surface area contributed by atoms with Gasteiger partial charge < -0.3 is 9.84 Å². The van der Waals surface area contributed by atoms with Crippen LogP contribution in [0, 0.1) is 5.92 Å². The molecule has 0 saturated carbocycles. The predicted octanol–water partition coefficient (Wildman–Crippen LogP) is 1.97. The first-order valence-electron chi connectivity index (χ1n) is 8.46. The van der Waals surface area contributed by atoms with Crippen molar-refractivity contribution in [1.29, 1.82) is 0 Å². The average Bonchev–Trinajstić information content (AvgIpc) is 3.00. The van der Waals surface area contributed by atoms with Gasteiger partial charge in [0, 0.05) is 25.6 Å². The van der Waals surface area contributed by atoms with Crippen LogP contribution in [0.4, 0.5) is 5.69 Å². The number of hydrogen-bond donors (Lipinski definition) is 1. The third-order valence-corrected chi connectivity index (χ3v) is 5.94. The Hall–Kier alpha value is -2.26. The van der Waals surface area contributed by atoms with E-state index in [1.165, 1.54) is 17.4 Å². The molecule has 1 aromatic carbocycles. The Morgan fingerprint density at radius 1 is 1.31 bits per heavy atom. The largest absolute Gasteiger partial charge is 0.339 e. The molecule has 0 fully saturated rings. The lowest BCUT2D eigenvalue weighted by Crippen LogP contribution is -2.27. The van der Waals surface area contributed by atoms with Crippen molar-refractivity contribution in [2.45, 2.75) is 44.6 Å². The average molecular weight is 378 g/mol. The molecule has 140 valence electrons. The van der Waals surface area contributed by atoms with E-state index < -0.39 is 10.0 Å². The second-order valence-electron chi connectivity index (χ2n) is 6.83. The second-order valence-corrected chi connectivity index (χ2v) is 8.88. The minimum Gasteiger partial charge on any atom is -0.339 e. The van der Waals surface area contributed by atoms with E-state index in [0.717, 1.165) is 5.56 Å². The SMILES string of the molecule is CC(C)Cc1nc(CN(C)S(=O)(=O)c2ccc3c(c2)CCC(=O)N3)no1. The van der Waals surface area contributed by atoms with Gasteiger partial charge in [0.2, 0.25) is 21.8 Å². The monoisotopic (exact) mass is 378 g/mol. The molecule has 9 heteroatoms. The standard InChI is InChI=1S/C17H22N4O4S/c1-11(2)8-17-19-15(20-25-17)10-21(3)26(23,24)13-5-6-14-12(9-13)4-7-16(22)18-14/h5-6,9,11H,4,7-8,10H2,1-3H3,(H,18,22). The van der Waals surface area contributed by atoms with Crippen molar-refractivity contribution < 1.29 is 17.7 Å². The topological polar surface area (TPSA) is 105 Å². The summed E-state index contributed by atoms with van der Waals surface area (Å²) >= 11 is 0. The van der Waals surface area contributed by atoms with Gasteiger partial charge in [-0.1, -0.05) is 19.0 Å². The van der Waals surface area contributed by atoms with Crippen LogP contribution in [-0.4, -0.2) is 35.8 Å². The Labute approximate surface area is 152 Å². The third kappa shape index (κ3) is 3.94. The molecule has 2 aromatic rings. The maximum Gasteiger partial charge on any atom is 0.243 e. The van der Waals surface area contributed by atoms with Crippen LogP contribution in [0.2, 0.25) is 0 Å². The predicted molar refractivity (Wildman–Crippen MR) is 94.9 cm³/mol. The number of carbonyl (C=O) groups is 1. The fourth-order valence-electron chi connectivity index (χ4n) is 2.77. The summed E-state index contributed by atoms with van der Waals surface area (Å²) in [7, 11) is -2.22. The van der Waals surface area contributed by atoms with E-state index >= 15 is 0 Å². The number of rotatable bonds is 6. The van der Waals surface area contributed by atoms with E-state index in [4.69, 9.17) is 4.52 Å². The van der Waals surface area contributed by atoms with E-state index in [-0.39, 0.29) is 17.3 Å². The van der Waals surface area contributed by atoms with E-state index in [0.29, 0.717) is 42.6 Å². The fraction of sp³-hybridized carbons (Fsp3) is 0.471. The number of amides is 1. The highest BCUT2D eigenvalue weighted by Gasteiger charge is 2.25. The van der Waals surface area contributed by atoms with Crippen molar-refractivity contribution in [3.05, 3.63) is 35.5 Å². The molecular weight excluding hydrogens is 356 g/mol. The van der Waals surface area contributed by atoms with Gasteiger partial charge in [-0.2, -0.15) is 9.29 Å². The number of aryl methyl sites for hydroxylation is 1. The van der Waals surface area contributed by atoms with Gasteiger partial charge in [0.25, 0.3) is 0 Å². The molecule has 0 radical (unpaired) electrons. The highest BCUT2D eigenvalue weighted by atomic mass is 32.2. The molecule has 1 amide bonds. The van der Waals surface area contributed by atoms with Gasteiger partial charge in [0.1, 0.15) is 0 Å². The van der Waals surface area contributed by atoms with Crippen LogP contribution in [0.5, 0.6) is 0 Å². The van der Waals surface area contributed by atoms with Gasteiger partial charge in [-0.25, -0.2) is 8.42 Å². The van der Waals surface area contributed by atoms with Crippen LogP contribution in [0.25, 0.3) is 0 Å². The molecule has 0 saturated heterocycles. The van der Waals surface area contributed by atoms with Gasteiger partial charge in [-0.3, -0.25) is 4.79 Å². The first-order valence-corrected chi connectivity index (χ1v) is 9.90. The number of carbonyl (C=O) groups excluding carboxylic acids is 1. The van der Waals surface area contributed by atoms with Crippen LogP contribution in [-0.2, 0) is 34.2 Å². The Morgan fingerprint density at radius 2 is 2.08 bits per heavy atom. The lowest BCUT2D eigenvalue weighted by atomic mass is 10.0. The van der Waals surface area contributed by atoms with Crippen molar-refractivity contribution in [3.8, 4) is 0 Å². The summed E-state index contributed by atoms with van der Waals surface area (Å²) in [5.74, 6) is 1.16. The molecule has 1 aliphatic heterocycles. The van der Waals surface area contributed by atoms with Crippen LogP contribution >= 0.6 is 0 Å². The minimum atomic E-state index is -3.70. The molecule has 0 aliphatic carbocycles. The molecule has 1 N–H and O–H groups in total. The summed E-state index contributed by atoms with van der Waals surface area (Å²) < 4.78 is 32.0. The van der Waals surface area contributed by atoms with Crippen LogP contribution in [0.3, 0.4) is 0 Å². The first kappa shape index (κ1) is 18.5. The van der Waals surface area contributed by atoms with Crippen molar-refractivity contribution in [1.82, 2.24) is 14.4 Å². The highest BCUT2D eigenvalue weighted by Crippen LogP contribution is 2.27. The number of nitrogens with one attached hydrogen (secondary N) is 1. The summed E-state index contributed by atoms with van der Waals surface area (Å²) in [6.45, 7) is 4.11. The van der Waals surface area contributed by atoms with Gasteiger partial charge in [-0.05, 0) is 36.1 Å². The number of anilines is 1. The van der Waals surface area contributed by atoms with Crippen LogP contribution in [0.15, 0.2) is 27.6 Å². The number of fused-ring (bicyclic) bond motifs is 1. The van der Waals surface area contributed by atoms with E-state index in [1.807, 2.05) is 13.8 Å². The Kier molecular flexibility index (Phi) is 5.10. The zero-order valence-corrected chi connectivity index (χ0v) is 15.8. The number of aromatic nitrogens is 2. The molecule has 0 spiro atoms. The van der Waals surface area contributed by atoms with Crippen LogP contribution < -0.4 is 5.32 Å². The van der Waals surface area contributed by atoms with Gasteiger partial charge in [0.15, 0.2) is 5.82 Å². The quantitative estimate of drug-likeness (QED) is 0.824. The zero-order chi connectivity index (χ0) is 18.9. The normalized spacial score (nSPS) is 14.6. The second kappa shape index (κ2) is 7.16. The molecule has 0 unspecified atom stereocenters. The highest BCUT2D eigenvalue weighted by molar-refractivity contribution is 7.89. The molecule has 0 atom stereocenters. The van der Waals surface area contributed by atoms with Crippen molar-refractivity contribution in [3.63, 3.8) is 0 Å². The maximum atomic E-state index is 12.8. The van der Waals surface area contributed by atoms with Gasteiger partial charge >= 0.3 is 0 Å². The lowest BCUT2D eigenvalue weighted by Gasteiger charge is -2.20. The van der Waals surface area contributed by atoms with Gasteiger partial charge in [0.05, 0.1) is 11.4 Å². The molecule has 26 heavy (non-hydrogen) atoms. The van der Waals surface area contributed by atoms with Gasteiger partial charge in [-0.15, -0.1) is 0 Å².